The molecule has 0 radical (unpaired) electrons. The van der Waals surface area contributed by atoms with E-state index in [0.717, 1.165) is 11.8 Å². The Morgan fingerprint density at radius 1 is 1.81 bits per heavy atom. The molecule has 88 valence electrons. The Morgan fingerprint density at radius 2 is 2.44 bits per heavy atom. The van der Waals surface area contributed by atoms with E-state index >= 15 is 0 Å². The smallest absolute Gasteiger partial charge is 0.389 e. The van der Waals surface area contributed by atoms with Crippen LogP contribution in [0, 0.1) is 10.1 Å². The molecule has 0 aliphatic rings. The summed E-state index contributed by atoms with van der Waals surface area (Å²) in [6, 6.07) is 1.17. The Labute approximate surface area is 90.6 Å². The predicted octanol–water partition coefficient (Wildman–Crippen LogP) is -0.285. The lowest BCUT2D eigenvalue weighted by atomic mass is 10.1. The third-order valence-electron chi connectivity index (χ3n) is 1.91. The molecular weight excluding hydrogens is 218 g/mol. The third-order valence-corrected chi connectivity index (χ3v) is 1.91. The van der Waals surface area contributed by atoms with E-state index in [1.54, 1.807) is 0 Å². The zero-order chi connectivity index (χ0) is 12.3. The fraction of sp³-hybridized carbons (Fsp3) is 0.500. The average molecular weight is 229 g/mol. The number of esters is 1. The number of nitrogens with zero attached hydrogens (tertiary/aromatic N) is 3. The van der Waals surface area contributed by atoms with Crippen molar-refractivity contribution >= 4 is 11.8 Å². The minimum Gasteiger partial charge on any atom is -0.467 e. The van der Waals surface area contributed by atoms with E-state index in [0.29, 0.717) is 0 Å². The quantitative estimate of drug-likeness (QED) is 0.432. The molecule has 0 aliphatic carbocycles. The van der Waals surface area contributed by atoms with E-state index in [2.05, 4.69) is 9.84 Å². The number of hydrogen-bond donors (Lipinski definition) is 1. The maximum atomic E-state index is 11.1. The molecule has 1 heterocycles. The first-order valence-electron chi connectivity index (χ1n) is 4.35. The third kappa shape index (κ3) is 2.54. The highest BCUT2D eigenvalue weighted by atomic mass is 16.6. The van der Waals surface area contributed by atoms with Gasteiger partial charge in [0.1, 0.15) is 6.54 Å². The minimum atomic E-state index is -1.77. The van der Waals surface area contributed by atoms with Gasteiger partial charge in [-0.05, 0) is 11.8 Å². The van der Waals surface area contributed by atoms with Crippen LogP contribution >= 0.6 is 0 Å². The van der Waals surface area contributed by atoms with Crippen LogP contribution in [0.2, 0.25) is 0 Å². The number of aromatic nitrogens is 2. The maximum Gasteiger partial charge on any atom is 0.389 e. The molecule has 8 nitrogen and oxygen atoms in total. The molecule has 0 bridgehead atoms. The van der Waals surface area contributed by atoms with Crippen molar-refractivity contribution in [2.45, 2.75) is 19.1 Å². The van der Waals surface area contributed by atoms with Crippen molar-refractivity contribution in [3.63, 3.8) is 0 Å². The highest BCUT2D eigenvalue weighted by Crippen LogP contribution is 2.12. The molecule has 0 amide bonds. The van der Waals surface area contributed by atoms with Crippen molar-refractivity contribution in [1.82, 2.24) is 9.78 Å². The normalized spacial score (nSPS) is 14.2. The molecule has 0 saturated carbocycles. The van der Waals surface area contributed by atoms with Crippen LogP contribution in [-0.4, -0.2) is 38.5 Å². The first-order chi connectivity index (χ1) is 7.36. The highest BCUT2D eigenvalue weighted by Gasteiger charge is 2.33. The first-order valence-corrected chi connectivity index (χ1v) is 4.35. The Balaban J connectivity index is 2.80. The van der Waals surface area contributed by atoms with Gasteiger partial charge < -0.3 is 20.0 Å². The van der Waals surface area contributed by atoms with Crippen LogP contribution in [0.15, 0.2) is 12.3 Å². The fourth-order valence-corrected chi connectivity index (χ4v) is 1.14. The average Bonchev–Trinajstić information content (AvgIpc) is 2.64. The van der Waals surface area contributed by atoms with E-state index in [-0.39, 0.29) is 12.4 Å². The second-order valence-corrected chi connectivity index (χ2v) is 3.39. The van der Waals surface area contributed by atoms with Gasteiger partial charge in [-0.2, -0.15) is 4.68 Å². The Hall–Kier alpha value is -1.96. The summed E-state index contributed by atoms with van der Waals surface area (Å²) in [4.78, 5) is 20.8. The Morgan fingerprint density at radius 3 is 2.88 bits per heavy atom. The molecule has 0 spiro atoms. The predicted molar refractivity (Wildman–Crippen MR) is 51.5 cm³/mol. The van der Waals surface area contributed by atoms with Crippen LogP contribution in [0.25, 0.3) is 0 Å². The number of ether oxygens (including phenoxy) is 1. The Kier molecular flexibility index (Phi) is 3.23. The molecular formula is C8H11N3O5. The molecule has 1 aromatic rings. The highest BCUT2D eigenvalue weighted by molar-refractivity contribution is 5.78. The molecule has 0 fully saturated rings. The standard InChI is InChI=1S/C8H11N3O5/c1-8(13,7(12)16-2)5-10-4-3-6(9-10)11(14)15/h3-4,13H,5H2,1-2H3. The molecule has 1 unspecified atom stereocenters. The van der Waals surface area contributed by atoms with E-state index in [9.17, 15) is 20.0 Å². The summed E-state index contributed by atoms with van der Waals surface area (Å²) in [5.74, 6) is -1.17. The zero-order valence-electron chi connectivity index (χ0n) is 8.78. The number of methoxy groups -OCH3 is 1. The van der Waals surface area contributed by atoms with Gasteiger partial charge in [-0.15, -0.1) is 0 Å². The molecule has 1 atom stereocenters. The lowest BCUT2D eigenvalue weighted by Crippen LogP contribution is -2.40. The van der Waals surface area contributed by atoms with Crippen molar-refractivity contribution in [3.8, 4) is 0 Å². The van der Waals surface area contributed by atoms with Gasteiger partial charge in [0, 0.05) is 0 Å². The summed E-state index contributed by atoms with van der Waals surface area (Å²) in [6.45, 7) is 1.03. The van der Waals surface area contributed by atoms with Gasteiger partial charge in [0.2, 0.25) is 0 Å². The van der Waals surface area contributed by atoms with Gasteiger partial charge in [0.25, 0.3) is 0 Å². The summed E-state index contributed by atoms with van der Waals surface area (Å²) in [5.41, 5.74) is -1.77. The number of carbonyl (C=O) groups excluding carboxylic acids is 1. The molecule has 0 saturated heterocycles. The molecule has 0 aliphatic heterocycles. The lowest BCUT2D eigenvalue weighted by molar-refractivity contribution is -0.389. The van der Waals surface area contributed by atoms with Crippen molar-refractivity contribution in [1.29, 1.82) is 0 Å². The monoisotopic (exact) mass is 229 g/mol. The van der Waals surface area contributed by atoms with Crippen LogP contribution in [0.4, 0.5) is 5.82 Å². The molecule has 1 N–H and O–H groups in total. The Bertz CT molecular complexity index is 412. The number of rotatable bonds is 4. The molecule has 1 rings (SSSR count). The number of hydrogen-bond acceptors (Lipinski definition) is 6. The minimum absolute atomic E-state index is 0.215. The fourth-order valence-electron chi connectivity index (χ4n) is 1.14. The van der Waals surface area contributed by atoms with E-state index in [1.165, 1.54) is 19.2 Å². The summed E-state index contributed by atoms with van der Waals surface area (Å²) in [5, 5.41) is 23.6. The SMILES string of the molecule is COC(=O)C(C)(O)Cn1ccc([N+](=O)[O-])n1. The summed E-state index contributed by atoms with van der Waals surface area (Å²) in [6.07, 6.45) is 1.30. The van der Waals surface area contributed by atoms with Crippen molar-refractivity contribution < 1.29 is 19.6 Å². The van der Waals surface area contributed by atoms with Crippen LogP contribution in [-0.2, 0) is 16.1 Å². The second kappa shape index (κ2) is 4.27. The van der Waals surface area contributed by atoms with Crippen LogP contribution in [0.1, 0.15) is 6.92 Å². The summed E-state index contributed by atoms with van der Waals surface area (Å²) >= 11 is 0. The van der Waals surface area contributed by atoms with Gasteiger partial charge in [0.05, 0.1) is 24.5 Å². The van der Waals surface area contributed by atoms with E-state index in [4.69, 9.17) is 0 Å². The molecule has 8 heteroatoms. The summed E-state index contributed by atoms with van der Waals surface area (Å²) in [7, 11) is 1.14. The zero-order valence-corrected chi connectivity index (χ0v) is 8.78. The largest absolute Gasteiger partial charge is 0.467 e. The molecule has 1 aromatic heterocycles. The van der Waals surface area contributed by atoms with Crippen molar-refractivity contribution in [2.24, 2.45) is 0 Å². The van der Waals surface area contributed by atoms with Gasteiger partial charge in [-0.25, -0.2) is 4.79 Å². The van der Waals surface area contributed by atoms with Gasteiger partial charge in [0.15, 0.2) is 5.60 Å². The molecule has 16 heavy (non-hydrogen) atoms. The number of aliphatic hydroxyl groups is 1. The van der Waals surface area contributed by atoms with Crippen LogP contribution in [0.3, 0.4) is 0 Å². The first kappa shape index (κ1) is 12.1. The number of carbonyl (C=O) groups is 1. The van der Waals surface area contributed by atoms with Crippen LogP contribution < -0.4 is 0 Å². The topological polar surface area (TPSA) is 107 Å². The molecule has 0 aromatic carbocycles. The van der Waals surface area contributed by atoms with E-state index < -0.39 is 16.5 Å². The van der Waals surface area contributed by atoms with Gasteiger partial charge in [-0.3, -0.25) is 0 Å². The van der Waals surface area contributed by atoms with E-state index in [1.807, 2.05) is 0 Å². The van der Waals surface area contributed by atoms with Crippen molar-refractivity contribution in [3.05, 3.63) is 22.4 Å². The lowest BCUT2D eigenvalue weighted by Gasteiger charge is -2.18. The summed E-state index contributed by atoms with van der Waals surface area (Å²) < 4.78 is 5.48. The second-order valence-electron chi connectivity index (χ2n) is 3.39. The maximum absolute atomic E-state index is 11.1. The number of nitro groups is 1. The van der Waals surface area contributed by atoms with Gasteiger partial charge >= 0.3 is 11.8 Å². The van der Waals surface area contributed by atoms with Crippen molar-refractivity contribution in [2.75, 3.05) is 7.11 Å². The van der Waals surface area contributed by atoms with Gasteiger partial charge in [-0.1, -0.05) is 0 Å². The van der Waals surface area contributed by atoms with Crippen LogP contribution in [0.5, 0.6) is 0 Å².